The number of hydrogen-bond acceptors (Lipinski definition) is 4. The molecule has 2 rings (SSSR count). The second-order valence-electron chi connectivity index (χ2n) is 3.97. The number of nitrogens with two attached hydrogens (primary N) is 1. The number of hydrogen-bond donors (Lipinski definition) is 1. The maximum atomic E-state index is 13.5. The molecule has 2 N–H and O–H groups in total. The molecule has 1 aromatic carbocycles. The number of carbonyl (C=O) groups excluding carboxylic acids is 1. The Hall–Kier alpha value is -1.27. The van der Waals surface area contributed by atoms with E-state index in [0.29, 0.717) is 36.9 Å². The van der Waals surface area contributed by atoms with Crippen molar-refractivity contribution < 1.29 is 13.9 Å². The molecule has 1 heterocycles. The lowest BCUT2D eigenvalue weighted by Crippen LogP contribution is -2.41. The van der Waals surface area contributed by atoms with E-state index in [9.17, 15) is 9.18 Å². The summed E-state index contributed by atoms with van der Waals surface area (Å²) < 4.78 is 18.7. The molecule has 0 radical (unpaired) electrons. The van der Waals surface area contributed by atoms with Crippen molar-refractivity contribution in [2.75, 3.05) is 37.8 Å². The highest BCUT2D eigenvalue weighted by molar-refractivity contribution is 8.00. The number of nitrogen functional groups attached to an aromatic ring is 1. The van der Waals surface area contributed by atoms with Gasteiger partial charge in [-0.3, -0.25) is 4.79 Å². The van der Waals surface area contributed by atoms with Gasteiger partial charge in [0.25, 0.3) is 0 Å². The van der Waals surface area contributed by atoms with Gasteiger partial charge in [0.2, 0.25) is 5.91 Å². The van der Waals surface area contributed by atoms with Crippen molar-refractivity contribution in [1.82, 2.24) is 4.90 Å². The zero-order chi connectivity index (χ0) is 13.0. The normalized spacial score (nSPS) is 15.7. The number of rotatable bonds is 3. The summed E-state index contributed by atoms with van der Waals surface area (Å²) in [6.07, 6.45) is 0. The molecule has 1 saturated heterocycles. The standard InChI is InChI=1S/C12H15FN2O2S/c13-10-7-9(14)1-2-11(10)18-8-12(16)15-3-5-17-6-4-15/h1-2,7H,3-6,8,14H2. The summed E-state index contributed by atoms with van der Waals surface area (Å²) >= 11 is 1.19. The maximum absolute atomic E-state index is 13.5. The first-order valence-corrected chi connectivity index (χ1v) is 6.69. The summed E-state index contributed by atoms with van der Waals surface area (Å²) in [7, 11) is 0. The van der Waals surface area contributed by atoms with E-state index < -0.39 is 0 Å². The van der Waals surface area contributed by atoms with Gasteiger partial charge in [0, 0.05) is 23.7 Å². The highest BCUT2D eigenvalue weighted by Gasteiger charge is 2.17. The lowest BCUT2D eigenvalue weighted by molar-refractivity contribution is -0.132. The smallest absolute Gasteiger partial charge is 0.233 e. The third kappa shape index (κ3) is 3.36. The molecule has 0 saturated carbocycles. The van der Waals surface area contributed by atoms with Gasteiger partial charge in [-0.2, -0.15) is 0 Å². The number of anilines is 1. The van der Waals surface area contributed by atoms with Crippen molar-refractivity contribution in [1.29, 1.82) is 0 Å². The van der Waals surface area contributed by atoms with E-state index >= 15 is 0 Å². The first-order valence-electron chi connectivity index (χ1n) is 5.70. The molecule has 1 fully saturated rings. The monoisotopic (exact) mass is 270 g/mol. The highest BCUT2D eigenvalue weighted by Crippen LogP contribution is 2.23. The molecule has 1 amide bonds. The third-order valence-electron chi connectivity index (χ3n) is 2.67. The second-order valence-corrected chi connectivity index (χ2v) is 4.99. The van der Waals surface area contributed by atoms with E-state index in [1.54, 1.807) is 17.0 Å². The Morgan fingerprint density at radius 2 is 2.17 bits per heavy atom. The average molecular weight is 270 g/mol. The number of nitrogens with zero attached hydrogens (tertiary/aromatic N) is 1. The van der Waals surface area contributed by atoms with Crippen molar-refractivity contribution in [2.45, 2.75) is 4.90 Å². The van der Waals surface area contributed by atoms with Crippen molar-refractivity contribution in [3.63, 3.8) is 0 Å². The van der Waals surface area contributed by atoms with Crippen LogP contribution in [0.15, 0.2) is 23.1 Å². The molecule has 6 heteroatoms. The van der Waals surface area contributed by atoms with Crippen LogP contribution in [0.25, 0.3) is 0 Å². The fraction of sp³-hybridized carbons (Fsp3) is 0.417. The number of ether oxygens (including phenoxy) is 1. The van der Waals surface area contributed by atoms with Crippen molar-refractivity contribution in [3.8, 4) is 0 Å². The van der Waals surface area contributed by atoms with Crippen LogP contribution in [0.4, 0.5) is 10.1 Å². The number of thioether (sulfide) groups is 1. The van der Waals surface area contributed by atoms with Gasteiger partial charge in [-0.05, 0) is 18.2 Å². The summed E-state index contributed by atoms with van der Waals surface area (Å²) in [6, 6.07) is 4.49. The number of halogens is 1. The fourth-order valence-electron chi connectivity index (χ4n) is 1.68. The van der Waals surface area contributed by atoms with Crippen LogP contribution in [0.1, 0.15) is 0 Å². The van der Waals surface area contributed by atoms with Gasteiger partial charge in [0.1, 0.15) is 5.82 Å². The molecule has 18 heavy (non-hydrogen) atoms. The largest absolute Gasteiger partial charge is 0.399 e. The Morgan fingerprint density at radius 1 is 1.44 bits per heavy atom. The minimum atomic E-state index is -0.380. The van der Waals surface area contributed by atoms with E-state index in [1.807, 2.05) is 0 Å². The minimum absolute atomic E-state index is 0.0134. The molecule has 0 aromatic heterocycles. The SMILES string of the molecule is Nc1ccc(SCC(=O)N2CCOCC2)c(F)c1. The predicted molar refractivity (Wildman–Crippen MR) is 68.9 cm³/mol. The number of amides is 1. The van der Waals surface area contributed by atoms with Crippen molar-refractivity contribution in [3.05, 3.63) is 24.0 Å². The van der Waals surface area contributed by atoms with Crippen LogP contribution in [0.5, 0.6) is 0 Å². The van der Waals surface area contributed by atoms with Gasteiger partial charge in [-0.25, -0.2) is 4.39 Å². The van der Waals surface area contributed by atoms with Crippen LogP contribution in [0.3, 0.4) is 0 Å². The van der Waals surface area contributed by atoms with Crippen molar-refractivity contribution >= 4 is 23.4 Å². The Balaban J connectivity index is 1.88. The molecular weight excluding hydrogens is 255 g/mol. The molecule has 4 nitrogen and oxygen atoms in total. The van der Waals surface area contributed by atoms with E-state index in [-0.39, 0.29) is 17.5 Å². The predicted octanol–water partition coefficient (Wildman–Crippen LogP) is 1.36. The topological polar surface area (TPSA) is 55.6 Å². The van der Waals surface area contributed by atoms with Gasteiger partial charge in [0.05, 0.1) is 19.0 Å². The molecule has 1 aromatic rings. The lowest BCUT2D eigenvalue weighted by Gasteiger charge is -2.26. The molecule has 0 aliphatic carbocycles. The van der Waals surface area contributed by atoms with Gasteiger partial charge in [-0.1, -0.05) is 0 Å². The number of morpholine rings is 1. The van der Waals surface area contributed by atoms with E-state index in [4.69, 9.17) is 10.5 Å². The Labute approximate surface area is 109 Å². The summed E-state index contributed by atoms with van der Waals surface area (Å²) in [4.78, 5) is 14.0. The zero-order valence-electron chi connectivity index (χ0n) is 9.89. The quantitative estimate of drug-likeness (QED) is 0.665. The second kappa shape index (κ2) is 6.06. The van der Waals surface area contributed by atoms with Crippen LogP contribution in [0, 0.1) is 5.82 Å². The lowest BCUT2D eigenvalue weighted by atomic mass is 10.3. The van der Waals surface area contributed by atoms with Gasteiger partial charge in [0.15, 0.2) is 0 Å². The van der Waals surface area contributed by atoms with Crippen LogP contribution in [0.2, 0.25) is 0 Å². The molecule has 0 atom stereocenters. The van der Waals surface area contributed by atoms with E-state index in [1.165, 1.54) is 17.8 Å². The first kappa shape index (κ1) is 13.2. The molecule has 0 unspecified atom stereocenters. The van der Waals surface area contributed by atoms with E-state index in [0.717, 1.165) is 0 Å². The minimum Gasteiger partial charge on any atom is -0.399 e. The van der Waals surface area contributed by atoms with Crippen LogP contribution in [-0.4, -0.2) is 42.9 Å². The third-order valence-corrected chi connectivity index (χ3v) is 3.70. The fourth-order valence-corrected chi connectivity index (χ4v) is 2.50. The summed E-state index contributed by atoms with van der Waals surface area (Å²) in [5.41, 5.74) is 5.85. The van der Waals surface area contributed by atoms with Crippen LogP contribution < -0.4 is 5.73 Å². The average Bonchev–Trinajstić information content (AvgIpc) is 2.38. The van der Waals surface area contributed by atoms with Gasteiger partial charge >= 0.3 is 0 Å². The molecule has 0 spiro atoms. The van der Waals surface area contributed by atoms with Crippen LogP contribution in [-0.2, 0) is 9.53 Å². The molecule has 98 valence electrons. The van der Waals surface area contributed by atoms with Gasteiger partial charge < -0.3 is 15.4 Å². The Bertz CT molecular complexity index is 436. The molecular formula is C12H15FN2O2S. The molecule has 0 bridgehead atoms. The Kier molecular flexibility index (Phi) is 4.43. The highest BCUT2D eigenvalue weighted by atomic mass is 32.2. The van der Waals surface area contributed by atoms with E-state index in [2.05, 4.69) is 0 Å². The summed E-state index contributed by atoms with van der Waals surface area (Å²) in [5, 5.41) is 0. The summed E-state index contributed by atoms with van der Waals surface area (Å²) in [5.74, 6) is -0.129. The number of carbonyl (C=O) groups is 1. The molecule has 1 aliphatic heterocycles. The van der Waals surface area contributed by atoms with Gasteiger partial charge in [-0.15, -0.1) is 11.8 Å². The first-order chi connectivity index (χ1) is 8.66. The Morgan fingerprint density at radius 3 is 2.83 bits per heavy atom. The summed E-state index contributed by atoms with van der Waals surface area (Å²) in [6.45, 7) is 2.38. The van der Waals surface area contributed by atoms with Crippen molar-refractivity contribution in [2.24, 2.45) is 0 Å². The number of benzene rings is 1. The zero-order valence-corrected chi connectivity index (χ0v) is 10.7. The molecule has 1 aliphatic rings. The van der Waals surface area contributed by atoms with Crippen LogP contribution >= 0.6 is 11.8 Å². The maximum Gasteiger partial charge on any atom is 0.233 e.